The lowest BCUT2D eigenvalue weighted by molar-refractivity contribution is -0.192. The fraction of sp³-hybridized carbons (Fsp3) is 0.826. The van der Waals surface area contributed by atoms with Gasteiger partial charge in [0.15, 0.2) is 0 Å². The highest BCUT2D eigenvalue weighted by atomic mass is 16.8. The summed E-state index contributed by atoms with van der Waals surface area (Å²) in [4.78, 5) is 37.8. The highest BCUT2D eigenvalue weighted by Gasteiger charge is 2.16. The van der Waals surface area contributed by atoms with E-state index in [4.69, 9.17) is 15.7 Å². The Bertz CT molecular complexity index is 500. The van der Waals surface area contributed by atoms with Crippen molar-refractivity contribution < 1.29 is 19.5 Å². The first kappa shape index (κ1) is 29.0. The molecular formula is C23H43N3O5. The molecule has 0 bridgehead atoms. The van der Waals surface area contributed by atoms with Crippen molar-refractivity contribution in [3.05, 3.63) is 17.1 Å². The minimum atomic E-state index is -1.18. The van der Waals surface area contributed by atoms with Gasteiger partial charge in [-0.05, 0) is 38.5 Å². The van der Waals surface area contributed by atoms with E-state index in [0.29, 0.717) is 6.42 Å². The maximum absolute atomic E-state index is 11.6. The van der Waals surface area contributed by atoms with Crippen LogP contribution in [0.5, 0.6) is 0 Å². The van der Waals surface area contributed by atoms with Crippen molar-refractivity contribution in [1.29, 1.82) is 0 Å². The first-order valence-corrected chi connectivity index (χ1v) is 12.0. The highest BCUT2D eigenvalue weighted by Crippen LogP contribution is 2.11. The number of hydrogen-bond donors (Lipinski definition) is 2. The molecule has 8 heteroatoms. The summed E-state index contributed by atoms with van der Waals surface area (Å²) in [6.07, 6.45) is 21.0. The quantitative estimate of drug-likeness (QED) is 0.0962. The van der Waals surface area contributed by atoms with Crippen molar-refractivity contribution >= 4 is 11.9 Å². The van der Waals surface area contributed by atoms with Gasteiger partial charge >= 0.3 is 11.9 Å². The molecule has 0 aromatic rings. The summed E-state index contributed by atoms with van der Waals surface area (Å²) >= 11 is 0. The van der Waals surface area contributed by atoms with Gasteiger partial charge in [0, 0.05) is 0 Å². The number of nitrogens with zero attached hydrogens (tertiary/aromatic N) is 2. The monoisotopic (exact) mass is 441 g/mol. The van der Waals surface area contributed by atoms with E-state index < -0.39 is 18.0 Å². The van der Waals surface area contributed by atoms with Gasteiger partial charge in [0.2, 0.25) is 0 Å². The van der Waals surface area contributed by atoms with Crippen LogP contribution in [0.25, 0.3) is 0 Å². The first-order chi connectivity index (χ1) is 15.0. The zero-order chi connectivity index (χ0) is 23.2. The van der Waals surface area contributed by atoms with E-state index in [1.165, 1.54) is 57.8 Å². The molecule has 0 aliphatic heterocycles. The molecule has 0 saturated heterocycles. The number of carbonyl (C=O) groups is 2. The Morgan fingerprint density at radius 1 is 0.935 bits per heavy atom. The Morgan fingerprint density at radius 2 is 1.45 bits per heavy atom. The third-order valence-corrected chi connectivity index (χ3v) is 5.14. The van der Waals surface area contributed by atoms with Gasteiger partial charge < -0.3 is 15.7 Å². The molecule has 0 rings (SSSR count). The summed E-state index contributed by atoms with van der Waals surface area (Å²) in [5.74, 6) is -1.89. The predicted octanol–water partition coefficient (Wildman–Crippen LogP) is 5.66. The summed E-state index contributed by atoms with van der Waals surface area (Å²) in [6, 6.07) is -1.12. The number of carboxylic acids is 1. The maximum atomic E-state index is 11.6. The Labute approximate surface area is 187 Å². The molecule has 31 heavy (non-hydrogen) atoms. The number of hydroxylamine groups is 1. The zero-order valence-corrected chi connectivity index (χ0v) is 19.3. The maximum Gasteiger partial charge on any atom is 0.334 e. The van der Waals surface area contributed by atoms with E-state index in [1.54, 1.807) is 0 Å². The third kappa shape index (κ3) is 19.7. The fourth-order valence-corrected chi connectivity index (χ4v) is 3.16. The number of aliphatic carboxylic acids is 1. The molecule has 0 aliphatic carbocycles. The van der Waals surface area contributed by atoms with Crippen LogP contribution >= 0.6 is 0 Å². The van der Waals surface area contributed by atoms with Crippen molar-refractivity contribution in [2.75, 3.05) is 6.54 Å². The minimum Gasteiger partial charge on any atom is -0.480 e. The molecule has 0 unspecified atom stereocenters. The van der Waals surface area contributed by atoms with Crippen molar-refractivity contribution in [3.8, 4) is 0 Å². The number of rotatable bonds is 22. The van der Waals surface area contributed by atoms with Gasteiger partial charge in [-0.1, -0.05) is 82.0 Å². The van der Waals surface area contributed by atoms with Gasteiger partial charge in [-0.15, -0.1) is 4.91 Å². The number of hydrogen-bond acceptors (Lipinski definition) is 6. The molecule has 1 atom stereocenters. The van der Waals surface area contributed by atoms with Gasteiger partial charge in [-0.25, -0.2) is 4.79 Å². The zero-order valence-electron chi connectivity index (χ0n) is 19.3. The van der Waals surface area contributed by atoms with Crippen molar-refractivity contribution in [2.45, 2.75) is 116 Å². The molecule has 0 heterocycles. The molecule has 0 aliphatic rings. The van der Waals surface area contributed by atoms with Crippen molar-refractivity contribution in [2.24, 2.45) is 11.0 Å². The van der Waals surface area contributed by atoms with E-state index in [9.17, 15) is 14.5 Å². The molecule has 180 valence electrons. The summed E-state index contributed by atoms with van der Waals surface area (Å²) in [6.45, 7) is 2.48. The first-order valence-electron chi connectivity index (χ1n) is 12.0. The minimum absolute atomic E-state index is 0.0465. The second-order valence-corrected chi connectivity index (χ2v) is 8.04. The van der Waals surface area contributed by atoms with Crippen molar-refractivity contribution in [1.82, 2.24) is 5.17 Å². The summed E-state index contributed by atoms with van der Waals surface area (Å²) in [7, 11) is 0. The van der Waals surface area contributed by atoms with Crippen LogP contribution in [0.2, 0.25) is 0 Å². The van der Waals surface area contributed by atoms with E-state index in [0.717, 1.165) is 30.9 Å². The number of carbonyl (C=O) groups excluding carboxylic acids is 1. The third-order valence-electron chi connectivity index (χ3n) is 5.14. The predicted molar refractivity (Wildman–Crippen MR) is 123 cm³/mol. The van der Waals surface area contributed by atoms with Gasteiger partial charge in [-0.2, -0.15) is 0 Å². The van der Waals surface area contributed by atoms with E-state index in [2.05, 4.69) is 24.4 Å². The standard InChI is InChI=1S/C23H43N3O5/c1-2-3-4-5-6-7-8-9-10-11-12-13-14-15-16-17-20-26(25-30)31-22(27)19-18-21(24)23(28)29/h9-10,21H,2-8,11-20,24H2,1H3,(H,28,29)/t21-/m0/s1. The van der Waals surface area contributed by atoms with Crippen LogP contribution in [0.3, 0.4) is 0 Å². The number of nitrogens with two attached hydrogens (primary N) is 1. The molecule has 0 aromatic heterocycles. The van der Waals surface area contributed by atoms with Crippen LogP contribution in [0.15, 0.2) is 17.4 Å². The number of carboxylic acid groups (broad SMARTS) is 1. The highest BCUT2D eigenvalue weighted by molar-refractivity contribution is 5.75. The van der Waals surface area contributed by atoms with Gasteiger partial charge in [-0.3, -0.25) is 4.79 Å². The van der Waals surface area contributed by atoms with Crippen LogP contribution in [-0.4, -0.2) is 34.8 Å². The SMILES string of the molecule is CCCCCCCCC=CCCCCCCCCN(N=O)OC(=O)CC[C@H](N)C(=O)O. The molecule has 3 N–H and O–H groups in total. The molecule has 0 saturated carbocycles. The molecule has 0 radical (unpaired) electrons. The lowest BCUT2D eigenvalue weighted by Gasteiger charge is -2.14. The molecule has 0 amide bonds. The Kier molecular flexibility index (Phi) is 19.9. The van der Waals surface area contributed by atoms with Gasteiger partial charge in [0.05, 0.1) is 18.3 Å². The molecule has 0 aromatic carbocycles. The van der Waals surface area contributed by atoms with E-state index in [-0.39, 0.29) is 19.4 Å². The van der Waals surface area contributed by atoms with Crippen LogP contribution in [0, 0.1) is 4.91 Å². The van der Waals surface area contributed by atoms with Crippen LogP contribution in [0.1, 0.15) is 110 Å². The van der Waals surface area contributed by atoms with Gasteiger partial charge in [0.25, 0.3) is 0 Å². The fourth-order valence-electron chi connectivity index (χ4n) is 3.16. The lowest BCUT2D eigenvalue weighted by Crippen LogP contribution is -2.31. The average Bonchev–Trinajstić information content (AvgIpc) is 2.76. The van der Waals surface area contributed by atoms with E-state index in [1.807, 2.05) is 0 Å². The van der Waals surface area contributed by atoms with Crippen LogP contribution in [0.4, 0.5) is 0 Å². The van der Waals surface area contributed by atoms with Crippen molar-refractivity contribution in [3.63, 3.8) is 0 Å². The second kappa shape index (κ2) is 21.3. The van der Waals surface area contributed by atoms with Crippen LogP contribution < -0.4 is 5.73 Å². The summed E-state index contributed by atoms with van der Waals surface area (Å²) in [5.41, 5.74) is 5.32. The molecule has 8 nitrogen and oxygen atoms in total. The van der Waals surface area contributed by atoms with Crippen LogP contribution in [-0.2, 0) is 14.4 Å². The smallest absolute Gasteiger partial charge is 0.334 e. The average molecular weight is 442 g/mol. The topological polar surface area (TPSA) is 122 Å². The number of nitroso groups, excluding NO2 is 1. The Hall–Kier alpha value is -1.96. The Balaban J connectivity index is 3.53. The molecular weight excluding hydrogens is 398 g/mol. The summed E-state index contributed by atoms with van der Waals surface area (Å²) in [5, 5.41) is 12.1. The number of unbranched alkanes of at least 4 members (excludes halogenated alkanes) is 12. The van der Waals surface area contributed by atoms with Gasteiger partial charge in [0.1, 0.15) is 6.04 Å². The number of allylic oxidation sites excluding steroid dienone is 2. The Morgan fingerprint density at radius 3 is 1.97 bits per heavy atom. The lowest BCUT2D eigenvalue weighted by atomic mass is 10.1. The second-order valence-electron chi connectivity index (χ2n) is 8.04. The molecule has 0 fully saturated rings. The normalized spacial score (nSPS) is 12.1. The van der Waals surface area contributed by atoms with E-state index >= 15 is 0 Å². The summed E-state index contributed by atoms with van der Waals surface area (Å²) < 4.78 is 0. The molecule has 0 spiro atoms. The largest absolute Gasteiger partial charge is 0.480 e.